The number of nitrogens with zero attached hydrogens (tertiary/aromatic N) is 1. The van der Waals surface area contributed by atoms with Crippen LogP contribution in [0.15, 0.2) is 168 Å². The Morgan fingerprint density at radius 1 is 0.519 bits per heavy atom. The van der Waals surface area contributed by atoms with Gasteiger partial charge in [0.25, 0.3) is 0 Å². The van der Waals surface area contributed by atoms with Crippen LogP contribution in [0.2, 0.25) is 0 Å². The zero-order valence-electron chi connectivity index (χ0n) is 28.9. The molecule has 2 heterocycles. The van der Waals surface area contributed by atoms with Gasteiger partial charge in [0.1, 0.15) is 11.2 Å². The molecule has 0 saturated heterocycles. The van der Waals surface area contributed by atoms with Gasteiger partial charge in [-0.15, -0.1) is 11.3 Å². The number of thiophene rings is 1. The third-order valence-corrected chi connectivity index (χ3v) is 12.4. The van der Waals surface area contributed by atoms with E-state index in [2.05, 4.69) is 183 Å². The molecule has 0 saturated carbocycles. The van der Waals surface area contributed by atoms with E-state index in [9.17, 15) is 0 Å². The zero-order valence-corrected chi connectivity index (χ0v) is 29.7. The lowest BCUT2D eigenvalue weighted by Crippen LogP contribution is -2.16. The second-order valence-corrected chi connectivity index (χ2v) is 15.5. The highest BCUT2D eigenvalue weighted by Crippen LogP contribution is 2.53. The summed E-state index contributed by atoms with van der Waals surface area (Å²) in [6.07, 6.45) is 0. The molecule has 2 nitrogen and oxygen atoms in total. The second kappa shape index (κ2) is 10.9. The van der Waals surface area contributed by atoms with Gasteiger partial charge in [0.2, 0.25) is 0 Å². The number of hydrogen-bond donors (Lipinski definition) is 0. The largest absolute Gasteiger partial charge is 0.455 e. The topological polar surface area (TPSA) is 16.4 Å². The summed E-state index contributed by atoms with van der Waals surface area (Å²) < 4.78 is 9.19. The standard InChI is InChI=1S/C49H33NOS/c1-49(2)40-20-9-8-16-36(40)37-18-10-17-35(46(37)49)31-22-25-33(26-23-31)50(32-13-4-3-5-14-32)41-21-11-19-39-45-43(52-48(39)41)29-27-38-44-34-15-7-6-12-30(34)24-28-42(44)51-47(38)45/h3-29H,1-2H3. The van der Waals surface area contributed by atoms with Gasteiger partial charge < -0.3 is 9.32 Å². The van der Waals surface area contributed by atoms with Gasteiger partial charge in [-0.2, -0.15) is 0 Å². The molecule has 1 aliphatic rings. The van der Waals surface area contributed by atoms with Gasteiger partial charge in [0.15, 0.2) is 0 Å². The molecule has 0 N–H and O–H groups in total. The summed E-state index contributed by atoms with van der Waals surface area (Å²) in [5.74, 6) is 0. The molecular formula is C49H33NOS. The lowest BCUT2D eigenvalue weighted by molar-refractivity contribution is 0.662. The molecular weight excluding hydrogens is 651 g/mol. The Morgan fingerprint density at radius 2 is 1.23 bits per heavy atom. The van der Waals surface area contributed by atoms with E-state index in [1.165, 1.54) is 75.1 Å². The molecule has 0 fully saturated rings. The van der Waals surface area contributed by atoms with Crippen LogP contribution < -0.4 is 4.90 Å². The molecule has 0 spiro atoms. The fourth-order valence-electron chi connectivity index (χ4n) is 8.93. The highest BCUT2D eigenvalue weighted by molar-refractivity contribution is 7.26. The predicted octanol–water partition coefficient (Wildman–Crippen LogP) is 14.6. The Bertz CT molecular complexity index is 3040. The molecule has 0 aliphatic heterocycles. The van der Waals surface area contributed by atoms with Crippen molar-refractivity contribution in [2.45, 2.75) is 19.3 Å². The Kier molecular flexibility index (Phi) is 6.21. The lowest BCUT2D eigenvalue weighted by atomic mass is 9.79. The maximum absolute atomic E-state index is 6.73. The number of hydrogen-bond acceptors (Lipinski definition) is 3. The van der Waals surface area contributed by atoms with E-state index in [1.807, 2.05) is 11.3 Å². The summed E-state index contributed by atoms with van der Waals surface area (Å²) in [4.78, 5) is 2.40. The normalized spacial score (nSPS) is 13.3. The summed E-state index contributed by atoms with van der Waals surface area (Å²) in [5, 5.41) is 7.21. The molecule has 3 heteroatoms. The third kappa shape index (κ3) is 4.11. The van der Waals surface area contributed by atoms with E-state index < -0.39 is 0 Å². The van der Waals surface area contributed by atoms with E-state index >= 15 is 0 Å². The molecule has 2 aromatic heterocycles. The Morgan fingerprint density at radius 3 is 2.12 bits per heavy atom. The van der Waals surface area contributed by atoms with Crippen LogP contribution in [0.25, 0.3) is 75.1 Å². The van der Waals surface area contributed by atoms with Gasteiger partial charge in [0, 0.05) is 43.0 Å². The minimum absolute atomic E-state index is 0.0769. The van der Waals surface area contributed by atoms with Crippen molar-refractivity contribution >= 4 is 81.3 Å². The quantitative estimate of drug-likeness (QED) is 0.184. The molecule has 10 aromatic rings. The van der Waals surface area contributed by atoms with Crippen LogP contribution in [-0.4, -0.2) is 0 Å². The van der Waals surface area contributed by atoms with Crippen LogP contribution in [0.1, 0.15) is 25.0 Å². The van der Waals surface area contributed by atoms with Crippen molar-refractivity contribution in [1.29, 1.82) is 0 Å². The van der Waals surface area contributed by atoms with E-state index in [0.717, 1.165) is 28.2 Å². The minimum atomic E-state index is -0.0769. The van der Waals surface area contributed by atoms with Crippen LogP contribution in [0.5, 0.6) is 0 Å². The number of fused-ring (bicyclic) bond motifs is 12. The maximum Gasteiger partial charge on any atom is 0.144 e. The first-order valence-corrected chi connectivity index (χ1v) is 18.7. The van der Waals surface area contributed by atoms with Crippen molar-refractivity contribution in [3.63, 3.8) is 0 Å². The van der Waals surface area contributed by atoms with E-state index in [-0.39, 0.29) is 5.41 Å². The Labute approximate surface area is 305 Å². The maximum atomic E-state index is 6.73. The third-order valence-electron chi connectivity index (χ3n) is 11.2. The average Bonchev–Trinajstić information content (AvgIpc) is 3.84. The summed E-state index contributed by atoms with van der Waals surface area (Å²) >= 11 is 1.84. The first-order chi connectivity index (χ1) is 25.6. The van der Waals surface area contributed by atoms with Crippen molar-refractivity contribution < 1.29 is 4.42 Å². The fraction of sp³-hybridized carbons (Fsp3) is 0.0612. The first-order valence-electron chi connectivity index (χ1n) is 17.9. The molecule has 1 aliphatic carbocycles. The van der Waals surface area contributed by atoms with E-state index in [0.29, 0.717) is 0 Å². The van der Waals surface area contributed by atoms with Gasteiger partial charge in [0.05, 0.1) is 10.4 Å². The van der Waals surface area contributed by atoms with Gasteiger partial charge in [-0.3, -0.25) is 0 Å². The highest BCUT2D eigenvalue weighted by atomic mass is 32.1. The van der Waals surface area contributed by atoms with Crippen molar-refractivity contribution in [3.05, 3.63) is 175 Å². The summed E-state index contributed by atoms with van der Waals surface area (Å²) in [6.45, 7) is 4.72. The van der Waals surface area contributed by atoms with Crippen LogP contribution >= 0.6 is 11.3 Å². The Balaban J connectivity index is 1.08. The Hall–Kier alpha value is -6.16. The molecule has 0 amide bonds. The molecule has 246 valence electrons. The molecule has 0 unspecified atom stereocenters. The van der Waals surface area contributed by atoms with E-state index in [4.69, 9.17) is 4.42 Å². The molecule has 0 bridgehead atoms. The van der Waals surface area contributed by atoms with Crippen molar-refractivity contribution in [2.75, 3.05) is 4.90 Å². The first kappa shape index (κ1) is 29.6. The van der Waals surface area contributed by atoms with Crippen LogP contribution in [-0.2, 0) is 5.41 Å². The molecule has 0 atom stereocenters. The molecule has 8 aromatic carbocycles. The minimum Gasteiger partial charge on any atom is -0.455 e. The average molecular weight is 684 g/mol. The monoisotopic (exact) mass is 683 g/mol. The number of benzene rings is 8. The van der Waals surface area contributed by atoms with Gasteiger partial charge in [-0.05, 0) is 92.7 Å². The SMILES string of the molecule is CC1(C)c2ccccc2-c2cccc(-c3ccc(N(c4ccccc4)c4cccc5c4sc4ccc6c(oc7ccc8ccccc8c76)c45)cc3)c21. The van der Waals surface area contributed by atoms with Crippen LogP contribution in [0.4, 0.5) is 17.1 Å². The predicted molar refractivity (Wildman–Crippen MR) is 222 cm³/mol. The fourth-order valence-corrected chi connectivity index (χ4v) is 10.1. The van der Waals surface area contributed by atoms with Crippen LogP contribution in [0.3, 0.4) is 0 Å². The van der Waals surface area contributed by atoms with Crippen LogP contribution in [0, 0.1) is 0 Å². The second-order valence-electron chi connectivity index (χ2n) is 14.4. The summed E-state index contributed by atoms with van der Waals surface area (Å²) in [6, 6.07) is 59.7. The van der Waals surface area contributed by atoms with Gasteiger partial charge in [-0.1, -0.05) is 129 Å². The number of anilines is 3. The van der Waals surface area contributed by atoms with Crippen molar-refractivity contribution in [1.82, 2.24) is 0 Å². The number of rotatable bonds is 4. The number of furan rings is 1. The highest BCUT2D eigenvalue weighted by Gasteiger charge is 2.37. The lowest BCUT2D eigenvalue weighted by Gasteiger charge is -2.27. The summed E-state index contributed by atoms with van der Waals surface area (Å²) in [7, 11) is 0. The van der Waals surface area contributed by atoms with Crippen molar-refractivity contribution in [2.24, 2.45) is 0 Å². The van der Waals surface area contributed by atoms with Gasteiger partial charge >= 0.3 is 0 Å². The molecule has 11 rings (SSSR count). The van der Waals surface area contributed by atoms with E-state index in [1.54, 1.807) is 0 Å². The smallest absolute Gasteiger partial charge is 0.144 e. The zero-order chi connectivity index (χ0) is 34.6. The summed E-state index contributed by atoms with van der Waals surface area (Å²) in [5.41, 5.74) is 13.2. The molecule has 0 radical (unpaired) electrons. The number of para-hydroxylation sites is 1. The van der Waals surface area contributed by atoms with Crippen molar-refractivity contribution in [3.8, 4) is 22.3 Å². The van der Waals surface area contributed by atoms with Gasteiger partial charge in [-0.25, -0.2) is 0 Å². The molecule has 52 heavy (non-hydrogen) atoms.